The minimum absolute atomic E-state index is 0.0586. The van der Waals surface area contributed by atoms with Crippen LogP contribution in [0, 0.1) is 5.82 Å². The number of carbonyl (C=O) groups is 2. The highest BCUT2D eigenvalue weighted by Gasteiger charge is 2.44. The molecule has 5 nitrogen and oxygen atoms in total. The van der Waals surface area contributed by atoms with Gasteiger partial charge in [-0.2, -0.15) is 13.2 Å². The van der Waals surface area contributed by atoms with Crippen LogP contribution >= 0.6 is 11.6 Å². The maximum Gasteiger partial charge on any atom is 0.434 e. The Hall–Kier alpha value is -3.46. The first-order valence-electron chi connectivity index (χ1n) is 10.3. The van der Waals surface area contributed by atoms with Gasteiger partial charge in [0.25, 0.3) is 5.91 Å². The van der Waals surface area contributed by atoms with E-state index in [1.165, 1.54) is 24.3 Å². The Balaban J connectivity index is 1.93. The molecule has 2 amide bonds. The summed E-state index contributed by atoms with van der Waals surface area (Å²) < 4.78 is 55.6. The second kappa shape index (κ2) is 9.06. The number of hydrogen-bond acceptors (Lipinski definition) is 3. The molecule has 0 bridgehead atoms. The lowest BCUT2D eigenvalue weighted by Gasteiger charge is -2.36. The lowest BCUT2D eigenvalue weighted by atomic mass is 9.97. The molecule has 2 aromatic carbocycles. The Labute approximate surface area is 197 Å². The lowest BCUT2D eigenvalue weighted by Crippen LogP contribution is -2.44. The molecule has 176 valence electrons. The maximum atomic E-state index is 14.6. The summed E-state index contributed by atoms with van der Waals surface area (Å²) in [6.45, 7) is 0. The van der Waals surface area contributed by atoms with Crippen molar-refractivity contribution in [1.29, 1.82) is 0 Å². The van der Waals surface area contributed by atoms with Gasteiger partial charge >= 0.3 is 6.18 Å². The quantitative estimate of drug-likeness (QED) is 0.495. The van der Waals surface area contributed by atoms with Gasteiger partial charge in [-0.1, -0.05) is 41.9 Å². The average molecular weight is 492 g/mol. The van der Waals surface area contributed by atoms with E-state index in [2.05, 4.69) is 4.98 Å². The van der Waals surface area contributed by atoms with Crippen molar-refractivity contribution >= 4 is 23.4 Å². The van der Waals surface area contributed by atoms with Crippen molar-refractivity contribution < 1.29 is 27.2 Å². The molecule has 0 unspecified atom stereocenters. The van der Waals surface area contributed by atoms with E-state index >= 15 is 0 Å². The zero-order chi connectivity index (χ0) is 24.6. The first-order valence-corrected chi connectivity index (χ1v) is 10.6. The van der Waals surface area contributed by atoms with Crippen LogP contribution in [-0.4, -0.2) is 21.7 Å². The molecular formula is C24H18ClF4N3O2. The predicted molar refractivity (Wildman–Crippen MR) is 116 cm³/mol. The van der Waals surface area contributed by atoms with Crippen LogP contribution in [0.2, 0.25) is 5.02 Å². The van der Waals surface area contributed by atoms with Gasteiger partial charge < -0.3 is 10.6 Å². The summed E-state index contributed by atoms with van der Waals surface area (Å²) in [5.41, 5.74) is 4.45. The summed E-state index contributed by atoms with van der Waals surface area (Å²) in [7, 11) is 0. The zero-order valence-electron chi connectivity index (χ0n) is 17.5. The molecule has 0 radical (unpaired) electrons. The zero-order valence-corrected chi connectivity index (χ0v) is 18.3. The van der Waals surface area contributed by atoms with Crippen molar-refractivity contribution in [1.82, 2.24) is 9.88 Å². The Kier molecular flexibility index (Phi) is 6.31. The van der Waals surface area contributed by atoms with Crippen molar-refractivity contribution in [2.75, 3.05) is 0 Å². The van der Waals surface area contributed by atoms with Gasteiger partial charge in [0.2, 0.25) is 5.91 Å². The fourth-order valence-electron chi connectivity index (χ4n) is 4.39. The molecule has 0 saturated heterocycles. The van der Waals surface area contributed by atoms with Crippen LogP contribution in [0.4, 0.5) is 17.6 Å². The fourth-order valence-corrected chi connectivity index (χ4v) is 4.60. The van der Waals surface area contributed by atoms with Crippen molar-refractivity contribution in [3.8, 4) is 0 Å². The number of amides is 2. The van der Waals surface area contributed by atoms with Crippen molar-refractivity contribution in [3.63, 3.8) is 0 Å². The first-order chi connectivity index (χ1) is 16.1. The summed E-state index contributed by atoms with van der Waals surface area (Å²) >= 11 is 6.05. The molecule has 1 heterocycles. The number of benzene rings is 2. The van der Waals surface area contributed by atoms with E-state index in [0.717, 1.165) is 23.2 Å². The molecule has 0 saturated carbocycles. The number of carbonyl (C=O) groups excluding carboxylic acids is 2. The number of aromatic nitrogens is 1. The van der Waals surface area contributed by atoms with E-state index in [1.54, 1.807) is 18.2 Å². The van der Waals surface area contributed by atoms with Gasteiger partial charge in [-0.25, -0.2) is 4.39 Å². The SMILES string of the molecule is NC(=O)[C@@H](c1ccccc1)N(C(=O)c1cccnc1C(F)(F)F)[C@@H]1CCc2c(F)cc(Cl)cc21. The summed E-state index contributed by atoms with van der Waals surface area (Å²) in [4.78, 5) is 30.8. The number of nitrogens with two attached hydrogens (primary N) is 1. The molecule has 2 N–H and O–H groups in total. The molecule has 0 spiro atoms. The van der Waals surface area contributed by atoms with E-state index in [4.69, 9.17) is 17.3 Å². The number of alkyl halides is 3. The minimum atomic E-state index is -4.92. The minimum Gasteiger partial charge on any atom is -0.368 e. The molecule has 1 aliphatic rings. The number of halogens is 5. The molecule has 10 heteroatoms. The summed E-state index contributed by atoms with van der Waals surface area (Å²) in [6, 6.07) is 10.4. The van der Waals surface area contributed by atoms with Crippen LogP contribution in [-0.2, 0) is 17.4 Å². The fraction of sp³-hybridized carbons (Fsp3) is 0.208. The first kappa shape index (κ1) is 23.7. The van der Waals surface area contributed by atoms with Gasteiger partial charge in [0.1, 0.15) is 11.9 Å². The van der Waals surface area contributed by atoms with Crippen LogP contribution in [0.15, 0.2) is 60.8 Å². The smallest absolute Gasteiger partial charge is 0.368 e. The molecule has 3 aromatic rings. The second-order valence-corrected chi connectivity index (χ2v) is 8.27. The summed E-state index contributed by atoms with van der Waals surface area (Å²) in [5, 5.41) is 0.0586. The van der Waals surface area contributed by atoms with E-state index < -0.39 is 47.1 Å². The number of rotatable bonds is 5. The Morgan fingerprint density at radius 1 is 1.12 bits per heavy atom. The van der Waals surface area contributed by atoms with Crippen LogP contribution in [0.5, 0.6) is 0 Å². The third-order valence-corrected chi connectivity index (χ3v) is 5.98. The highest BCUT2D eigenvalue weighted by atomic mass is 35.5. The van der Waals surface area contributed by atoms with Crippen molar-refractivity contribution in [2.24, 2.45) is 5.73 Å². The number of primary amides is 1. The summed E-state index contributed by atoms with van der Waals surface area (Å²) in [6.07, 6.45) is -3.63. The maximum absolute atomic E-state index is 14.6. The highest BCUT2D eigenvalue weighted by molar-refractivity contribution is 6.30. The highest BCUT2D eigenvalue weighted by Crippen LogP contribution is 2.44. The Bertz CT molecular complexity index is 1250. The third kappa shape index (κ3) is 4.35. The molecular weight excluding hydrogens is 474 g/mol. The number of hydrogen-bond donors (Lipinski definition) is 1. The largest absolute Gasteiger partial charge is 0.434 e. The van der Waals surface area contributed by atoms with E-state index in [-0.39, 0.29) is 23.4 Å². The lowest BCUT2D eigenvalue weighted by molar-refractivity contribution is -0.141. The van der Waals surface area contributed by atoms with E-state index in [9.17, 15) is 27.2 Å². The topological polar surface area (TPSA) is 76.3 Å². The van der Waals surface area contributed by atoms with Gasteiger partial charge in [-0.15, -0.1) is 0 Å². The summed E-state index contributed by atoms with van der Waals surface area (Å²) in [5.74, 6) is -2.65. The van der Waals surface area contributed by atoms with E-state index in [0.29, 0.717) is 11.1 Å². The molecule has 1 aliphatic carbocycles. The molecule has 0 aliphatic heterocycles. The van der Waals surface area contributed by atoms with Crippen molar-refractivity contribution in [3.05, 3.63) is 99.6 Å². The van der Waals surface area contributed by atoms with Gasteiger partial charge in [0.05, 0.1) is 11.6 Å². The van der Waals surface area contributed by atoms with Crippen molar-refractivity contribution in [2.45, 2.75) is 31.1 Å². The normalized spacial score (nSPS) is 16.1. The number of nitrogens with zero attached hydrogens (tertiary/aromatic N) is 2. The molecule has 1 aromatic heterocycles. The van der Waals surface area contributed by atoms with E-state index in [1.807, 2.05) is 0 Å². The Morgan fingerprint density at radius 2 is 1.82 bits per heavy atom. The number of fused-ring (bicyclic) bond motifs is 1. The molecule has 4 rings (SSSR count). The van der Waals surface area contributed by atoms with Crippen LogP contribution < -0.4 is 5.73 Å². The van der Waals surface area contributed by atoms with Gasteiger partial charge in [0.15, 0.2) is 5.69 Å². The van der Waals surface area contributed by atoms with Gasteiger partial charge in [-0.3, -0.25) is 14.6 Å². The van der Waals surface area contributed by atoms with Crippen LogP contribution in [0.3, 0.4) is 0 Å². The monoisotopic (exact) mass is 491 g/mol. The molecule has 0 fully saturated rings. The van der Waals surface area contributed by atoms with Crippen LogP contribution in [0.25, 0.3) is 0 Å². The molecule has 34 heavy (non-hydrogen) atoms. The number of pyridine rings is 1. The second-order valence-electron chi connectivity index (χ2n) is 7.84. The van der Waals surface area contributed by atoms with Gasteiger partial charge in [-0.05, 0) is 53.8 Å². The molecule has 2 atom stereocenters. The standard InChI is InChI=1S/C24H18ClF4N3O2/c25-14-11-17-15(18(26)12-14)8-9-19(17)32(20(22(30)33)13-5-2-1-3-6-13)23(34)16-7-4-10-31-21(16)24(27,28)29/h1-7,10-12,19-20H,8-9H2,(H2,30,33)/t19-,20-/m1/s1. The predicted octanol–water partition coefficient (Wildman–Crippen LogP) is 5.25. The van der Waals surface area contributed by atoms with Gasteiger partial charge in [0, 0.05) is 11.2 Å². The Morgan fingerprint density at radius 3 is 2.47 bits per heavy atom. The van der Waals surface area contributed by atoms with Crippen LogP contribution in [0.1, 0.15) is 51.2 Å². The third-order valence-electron chi connectivity index (χ3n) is 5.76. The average Bonchev–Trinajstić information content (AvgIpc) is 3.20.